The van der Waals surface area contributed by atoms with E-state index in [2.05, 4.69) is 52.0 Å². The Balaban J connectivity index is 1.76. The predicted molar refractivity (Wildman–Crippen MR) is 81.9 cm³/mol. The zero-order valence-electron chi connectivity index (χ0n) is 11.5. The van der Waals surface area contributed by atoms with Crippen molar-refractivity contribution in [2.24, 2.45) is 0 Å². The zero-order chi connectivity index (χ0) is 13.4. The number of hydrogen-bond acceptors (Lipinski definition) is 1. The fraction of sp³-hybridized carbons (Fsp3) is 0.278. The minimum absolute atomic E-state index is 0.934. The monoisotopic (exact) mass is 262 g/mol. The van der Waals surface area contributed by atoms with Gasteiger partial charge in [0.2, 0.25) is 0 Å². The Labute approximate surface area is 119 Å². The van der Waals surface area contributed by atoms with Crippen LogP contribution in [0.4, 0.5) is 0 Å². The summed E-state index contributed by atoms with van der Waals surface area (Å²) in [5, 5.41) is 2.67. The molecule has 20 heavy (non-hydrogen) atoms. The van der Waals surface area contributed by atoms with Crippen molar-refractivity contribution in [2.45, 2.75) is 32.2 Å². The molecular formula is C18H18N2. The highest BCUT2D eigenvalue weighted by atomic mass is 15.1. The van der Waals surface area contributed by atoms with Crippen LogP contribution in [0.25, 0.3) is 10.8 Å². The van der Waals surface area contributed by atoms with Crippen molar-refractivity contribution in [3.05, 3.63) is 65.7 Å². The van der Waals surface area contributed by atoms with Gasteiger partial charge in [0.25, 0.3) is 0 Å². The molecule has 0 saturated heterocycles. The van der Waals surface area contributed by atoms with Gasteiger partial charge in [0.1, 0.15) is 0 Å². The average Bonchev–Trinajstić information content (AvgIpc) is 2.91. The first-order chi connectivity index (χ1) is 9.92. The number of rotatable bonds is 2. The summed E-state index contributed by atoms with van der Waals surface area (Å²) < 4.78 is 2.34. The first-order valence-corrected chi connectivity index (χ1v) is 7.41. The molecule has 0 amide bonds. The molecule has 0 fully saturated rings. The Morgan fingerprint density at radius 2 is 1.80 bits per heavy atom. The maximum absolute atomic E-state index is 4.60. The third-order valence-electron chi connectivity index (χ3n) is 4.33. The fourth-order valence-corrected chi connectivity index (χ4v) is 3.28. The number of imidazole rings is 1. The molecule has 2 nitrogen and oxygen atoms in total. The fourth-order valence-electron chi connectivity index (χ4n) is 3.28. The van der Waals surface area contributed by atoms with Gasteiger partial charge >= 0.3 is 0 Å². The normalized spacial score (nSPS) is 14.4. The lowest BCUT2D eigenvalue weighted by atomic mass is 10.0. The molecule has 0 aliphatic heterocycles. The van der Waals surface area contributed by atoms with Gasteiger partial charge in [-0.15, -0.1) is 0 Å². The summed E-state index contributed by atoms with van der Waals surface area (Å²) >= 11 is 0. The molecule has 0 radical (unpaired) electrons. The third kappa shape index (κ3) is 1.92. The van der Waals surface area contributed by atoms with Crippen LogP contribution >= 0.6 is 0 Å². The van der Waals surface area contributed by atoms with Crippen LogP contribution in [0.3, 0.4) is 0 Å². The summed E-state index contributed by atoms with van der Waals surface area (Å²) in [4.78, 5) is 4.60. The maximum atomic E-state index is 4.60. The lowest BCUT2D eigenvalue weighted by Gasteiger charge is -2.15. The van der Waals surface area contributed by atoms with Crippen LogP contribution in [-0.2, 0) is 19.4 Å². The second-order valence-electron chi connectivity index (χ2n) is 5.61. The zero-order valence-corrected chi connectivity index (χ0v) is 11.5. The SMILES string of the molecule is c1ccc2c(Cn3cnc4c3CCCC4)cccc2c1. The van der Waals surface area contributed by atoms with Crippen molar-refractivity contribution in [1.29, 1.82) is 0 Å². The topological polar surface area (TPSA) is 17.8 Å². The van der Waals surface area contributed by atoms with E-state index in [1.807, 2.05) is 6.33 Å². The highest BCUT2D eigenvalue weighted by molar-refractivity contribution is 5.85. The van der Waals surface area contributed by atoms with Gasteiger partial charge in [-0.05, 0) is 42.0 Å². The lowest BCUT2D eigenvalue weighted by Crippen LogP contribution is -2.09. The molecule has 1 aliphatic carbocycles. The summed E-state index contributed by atoms with van der Waals surface area (Å²) in [5.41, 5.74) is 4.15. The molecule has 4 rings (SSSR count). The van der Waals surface area contributed by atoms with Crippen LogP contribution in [0.1, 0.15) is 29.8 Å². The van der Waals surface area contributed by atoms with Crippen LogP contribution in [-0.4, -0.2) is 9.55 Å². The lowest BCUT2D eigenvalue weighted by molar-refractivity contribution is 0.629. The van der Waals surface area contributed by atoms with Crippen LogP contribution in [0.15, 0.2) is 48.8 Å². The smallest absolute Gasteiger partial charge is 0.0954 e. The molecule has 2 heteroatoms. The van der Waals surface area contributed by atoms with Crippen molar-refractivity contribution in [1.82, 2.24) is 9.55 Å². The van der Waals surface area contributed by atoms with E-state index in [0.717, 1.165) is 13.0 Å². The first kappa shape index (κ1) is 11.7. The van der Waals surface area contributed by atoms with E-state index in [4.69, 9.17) is 0 Å². The van der Waals surface area contributed by atoms with Crippen LogP contribution < -0.4 is 0 Å². The van der Waals surface area contributed by atoms with Crippen LogP contribution in [0, 0.1) is 0 Å². The van der Waals surface area contributed by atoms with Crippen molar-refractivity contribution >= 4 is 10.8 Å². The van der Waals surface area contributed by atoms with E-state index in [9.17, 15) is 0 Å². The minimum atomic E-state index is 0.934. The molecule has 0 unspecified atom stereocenters. The van der Waals surface area contributed by atoms with Gasteiger partial charge in [-0.25, -0.2) is 4.98 Å². The molecular weight excluding hydrogens is 244 g/mol. The Morgan fingerprint density at radius 1 is 0.950 bits per heavy atom. The van der Waals surface area contributed by atoms with Crippen molar-refractivity contribution < 1.29 is 0 Å². The van der Waals surface area contributed by atoms with E-state index in [1.54, 1.807) is 0 Å². The van der Waals surface area contributed by atoms with E-state index in [0.29, 0.717) is 0 Å². The van der Waals surface area contributed by atoms with Gasteiger partial charge in [0.15, 0.2) is 0 Å². The van der Waals surface area contributed by atoms with Crippen molar-refractivity contribution in [2.75, 3.05) is 0 Å². The Hall–Kier alpha value is -2.09. The third-order valence-corrected chi connectivity index (χ3v) is 4.33. The number of aromatic nitrogens is 2. The summed E-state index contributed by atoms with van der Waals surface area (Å²) in [6.45, 7) is 0.934. The summed E-state index contributed by atoms with van der Waals surface area (Å²) in [7, 11) is 0. The highest BCUT2D eigenvalue weighted by Gasteiger charge is 2.15. The average molecular weight is 262 g/mol. The predicted octanol–water partition coefficient (Wildman–Crippen LogP) is 3.96. The summed E-state index contributed by atoms with van der Waals surface area (Å²) in [5.74, 6) is 0. The van der Waals surface area contributed by atoms with E-state index in [1.165, 1.54) is 47.0 Å². The molecule has 0 spiro atoms. The molecule has 100 valence electrons. The first-order valence-electron chi connectivity index (χ1n) is 7.41. The van der Waals surface area contributed by atoms with Gasteiger partial charge < -0.3 is 4.57 Å². The minimum Gasteiger partial charge on any atom is -0.330 e. The summed E-state index contributed by atoms with van der Waals surface area (Å²) in [6, 6.07) is 15.2. The number of fused-ring (bicyclic) bond motifs is 2. The molecule has 0 saturated carbocycles. The molecule has 1 aromatic heterocycles. The van der Waals surface area contributed by atoms with Crippen molar-refractivity contribution in [3.63, 3.8) is 0 Å². The molecule has 0 bridgehead atoms. The van der Waals surface area contributed by atoms with Crippen LogP contribution in [0.2, 0.25) is 0 Å². The van der Waals surface area contributed by atoms with Crippen molar-refractivity contribution in [3.8, 4) is 0 Å². The Morgan fingerprint density at radius 3 is 2.80 bits per heavy atom. The standard InChI is InChI=1S/C18H18N2/c1-2-9-16-14(6-1)7-5-8-15(16)12-20-13-19-17-10-3-4-11-18(17)20/h1-2,5-9,13H,3-4,10-12H2. The Kier molecular flexibility index (Phi) is 2.80. The number of benzene rings is 2. The summed E-state index contributed by atoms with van der Waals surface area (Å²) in [6.07, 6.45) is 6.95. The Bertz CT molecular complexity index is 750. The molecule has 0 atom stereocenters. The van der Waals surface area contributed by atoms with Gasteiger partial charge in [0, 0.05) is 12.2 Å². The van der Waals surface area contributed by atoms with E-state index < -0.39 is 0 Å². The van der Waals surface area contributed by atoms with E-state index in [-0.39, 0.29) is 0 Å². The molecule has 1 aliphatic rings. The van der Waals surface area contributed by atoms with Gasteiger partial charge in [0.05, 0.1) is 12.0 Å². The number of hydrogen-bond donors (Lipinski definition) is 0. The second kappa shape index (κ2) is 4.78. The van der Waals surface area contributed by atoms with E-state index >= 15 is 0 Å². The van der Waals surface area contributed by atoms with Gasteiger partial charge in [-0.1, -0.05) is 42.5 Å². The number of aryl methyl sites for hydroxylation is 1. The number of nitrogens with zero attached hydrogens (tertiary/aromatic N) is 2. The molecule has 3 aromatic rings. The second-order valence-corrected chi connectivity index (χ2v) is 5.61. The van der Waals surface area contributed by atoms with Gasteiger partial charge in [-0.2, -0.15) is 0 Å². The molecule has 1 heterocycles. The molecule has 0 N–H and O–H groups in total. The largest absolute Gasteiger partial charge is 0.330 e. The maximum Gasteiger partial charge on any atom is 0.0954 e. The quantitative estimate of drug-likeness (QED) is 0.683. The van der Waals surface area contributed by atoms with Gasteiger partial charge in [-0.3, -0.25) is 0 Å². The van der Waals surface area contributed by atoms with Crippen LogP contribution in [0.5, 0.6) is 0 Å². The highest BCUT2D eigenvalue weighted by Crippen LogP contribution is 2.23. The molecule has 2 aromatic carbocycles.